The Balaban J connectivity index is 2.01. The zero-order valence-corrected chi connectivity index (χ0v) is 10.5. The summed E-state index contributed by atoms with van der Waals surface area (Å²) in [5.74, 6) is 0.845. The van der Waals surface area contributed by atoms with Crippen LogP contribution < -0.4 is 0 Å². The summed E-state index contributed by atoms with van der Waals surface area (Å²) in [5, 5.41) is 8.67. The van der Waals surface area contributed by atoms with Crippen molar-refractivity contribution in [2.75, 3.05) is 6.54 Å². The summed E-state index contributed by atoms with van der Waals surface area (Å²) >= 11 is 0. The predicted molar refractivity (Wildman–Crippen MR) is 67.2 cm³/mol. The minimum absolute atomic E-state index is 0.167. The molecule has 2 rings (SSSR count). The molecule has 1 aliphatic carbocycles. The standard InChI is InChI=1S/C14H17N3O/c1-11-8-13(11)14(18)17(7-3-5-15)10-12-4-2-6-16-9-12/h2,4,6,9,11,13H,3,7-8,10H2,1H3. The highest BCUT2D eigenvalue weighted by atomic mass is 16.2. The molecule has 0 aromatic carbocycles. The molecule has 1 saturated carbocycles. The first-order valence-corrected chi connectivity index (χ1v) is 6.27. The van der Waals surface area contributed by atoms with Gasteiger partial charge >= 0.3 is 0 Å². The number of carbonyl (C=O) groups is 1. The van der Waals surface area contributed by atoms with Crippen molar-refractivity contribution in [1.82, 2.24) is 9.88 Å². The van der Waals surface area contributed by atoms with E-state index in [4.69, 9.17) is 5.26 Å². The zero-order valence-electron chi connectivity index (χ0n) is 10.5. The lowest BCUT2D eigenvalue weighted by atomic mass is 10.2. The van der Waals surface area contributed by atoms with Gasteiger partial charge in [-0.2, -0.15) is 5.26 Å². The van der Waals surface area contributed by atoms with Crippen LogP contribution in [-0.4, -0.2) is 22.3 Å². The van der Waals surface area contributed by atoms with Crippen LogP contribution in [0.5, 0.6) is 0 Å². The van der Waals surface area contributed by atoms with Crippen LogP contribution in [0.1, 0.15) is 25.3 Å². The summed E-state index contributed by atoms with van der Waals surface area (Å²) in [5.41, 5.74) is 1.01. The molecule has 4 heteroatoms. The molecule has 0 N–H and O–H groups in total. The molecule has 1 aliphatic rings. The topological polar surface area (TPSA) is 57.0 Å². The van der Waals surface area contributed by atoms with Crippen molar-refractivity contribution >= 4 is 5.91 Å². The van der Waals surface area contributed by atoms with Gasteiger partial charge in [-0.15, -0.1) is 0 Å². The maximum absolute atomic E-state index is 12.2. The van der Waals surface area contributed by atoms with E-state index in [9.17, 15) is 4.79 Å². The normalized spacial score (nSPS) is 21.1. The number of hydrogen-bond donors (Lipinski definition) is 0. The highest BCUT2D eigenvalue weighted by molar-refractivity contribution is 5.81. The molecular weight excluding hydrogens is 226 g/mol. The number of amides is 1. The zero-order chi connectivity index (χ0) is 13.0. The smallest absolute Gasteiger partial charge is 0.226 e. The Bertz CT molecular complexity index is 452. The molecule has 0 spiro atoms. The van der Waals surface area contributed by atoms with Gasteiger partial charge in [-0.05, 0) is 24.0 Å². The number of hydrogen-bond acceptors (Lipinski definition) is 3. The number of rotatable bonds is 5. The van der Waals surface area contributed by atoms with Crippen LogP contribution in [0.2, 0.25) is 0 Å². The molecule has 1 heterocycles. The van der Waals surface area contributed by atoms with Crippen molar-refractivity contribution < 1.29 is 4.79 Å². The molecule has 1 fully saturated rings. The fraction of sp³-hybridized carbons (Fsp3) is 0.500. The van der Waals surface area contributed by atoms with E-state index in [0.717, 1.165) is 12.0 Å². The van der Waals surface area contributed by atoms with E-state index < -0.39 is 0 Å². The van der Waals surface area contributed by atoms with Crippen molar-refractivity contribution in [1.29, 1.82) is 5.26 Å². The van der Waals surface area contributed by atoms with Crippen LogP contribution in [0.25, 0.3) is 0 Å². The number of carbonyl (C=O) groups excluding carboxylic acids is 1. The number of nitrogens with zero attached hydrogens (tertiary/aromatic N) is 3. The summed E-state index contributed by atoms with van der Waals surface area (Å²) in [7, 11) is 0. The minimum Gasteiger partial charge on any atom is -0.337 e. The fourth-order valence-corrected chi connectivity index (χ4v) is 2.06. The highest BCUT2D eigenvalue weighted by Gasteiger charge is 2.41. The molecule has 18 heavy (non-hydrogen) atoms. The van der Waals surface area contributed by atoms with Crippen LogP contribution in [-0.2, 0) is 11.3 Å². The van der Waals surface area contributed by atoms with Gasteiger partial charge in [0.2, 0.25) is 5.91 Å². The van der Waals surface area contributed by atoms with Crippen molar-refractivity contribution in [3.63, 3.8) is 0 Å². The maximum Gasteiger partial charge on any atom is 0.226 e. The maximum atomic E-state index is 12.2. The summed E-state index contributed by atoms with van der Waals surface area (Å²) in [6.07, 6.45) is 4.85. The van der Waals surface area contributed by atoms with Crippen LogP contribution >= 0.6 is 0 Å². The average Bonchev–Trinajstić information content (AvgIpc) is 3.12. The second-order valence-corrected chi connectivity index (χ2v) is 4.85. The molecule has 2 unspecified atom stereocenters. The lowest BCUT2D eigenvalue weighted by Crippen LogP contribution is -2.33. The first-order valence-electron chi connectivity index (χ1n) is 6.27. The molecule has 0 aliphatic heterocycles. The van der Waals surface area contributed by atoms with Gasteiger partial charge in [-0.1, -0.05) is 13.0 Å². The highest BCUT2D eigenvalue weighted by Crippen LogP contribution is 2.39. The van der Waals surface area contributed by atoms with Crippen LogP contribution in [0.15, 0.2) is 24.5 Å². The fourth-order valence-electron chi connectivity index (χ4n) is 2.06. The van der Waals surface area contributed by atoms with Gasteiger partial charge in [-0.25, -0.2) is 0 Å². The Morgan fingerprint density at radius 3 is 3.00 bits per heavy atom. The van der Waals surface area contributed by atoms with Gasteiger partial charge < -0.3 is 4.90 Å². The predicted octanol–water partition coefficient (Wildman–Crippen LogP) is 1.98. The molecule has 2 atom stereocenters. The third kappa shape index (κ3) is 3.07. The van der Waals surface area contributed by atoms with Gasteiger partial charge in [0.15, 0.2) is 0 Å². The van der Waals surface area contributed by atoms with Crippen molar-refractivity contribution in [2.45, 2.75) is 26.3 Å². The van der Waals surface area contributed by atoms with Gasteiger partial charge in [0.05, 0.1) is 12.5 Å². The van der Waals surface area contributed by atoms with E-state index in [0.29, 0.717) is 25.4 Å². The Hall–Kier alpha value is -1.89. The first kappa shape index (κ1) is 12.6. The van der Waals surface area contributed by atoms with Crippen LogP contribution in [0.3, 0.4) is 0 Å². The Labute approximate surface area is 107 Å². The van der Waals surface area contributed by atoms with E-state index in [1.54, 1.807) is 17.3 Å². The van der Waals surface area contributed by atoms with Crippen molar-refractivity contribution in [3.8, 4) is 6.07 Å². The molecule has 1 amide bonds. The van der Waals surface area contributed by atoms with E-state index in [2.05, 4.69) is 18.0 Å². The van der Waals surface area contributed by atoms with Gasteiger partial charge in [-0.3, -0.25) is 9.78 Å². The SMILES string of the molecule is CC1CC1C(=O)N(CCC#N)Cc1cccnc1. The third-order valence-corrected chi connectivity index (χ3v) is 3.33. The van der Waals surface area contributed by atoms with E-state index >= 15 is 0 Å². The summed E-state index contributed by atoms with van der Waals surface area (Å²) < 4.78 is 0. The van der Waals surface area contributed by atoms with Crippen LogP contribution in [0, 0.1) is 23.2 Å². The monoisotopic (exact) mass is 243 g/mol. The second-order valence-electron chi connectivity index (χ2n) is 4.85. The largest absolute Gasteiger partial charge is 0.337 e. The number of aromatic nitrogens is 1. The van der Waals surface area contributed by atoms with Gasteiger partial charge in [0.25, 0.3) is 0 Å². The Morgan fingerprint density at radius 1 is 1.67 bits per heavy atom. The van der Waals surface area contributed by atoms with Crippen molar-refractivity contribution in [3.05, 3.63) is 30.1 Å². The molecule has 1 aromatic rings. The van der Waals surface area contributed by atoms with Crippen molar-refractivity contribution in [2.24, 2.45) is 11.8 Å². The number of nitriles is 1. The minimum atomic E-state index is 0.167. The average molecular weight is 243 g/mol. The molecule has 0 saturated heterocycles. The van der Waals surface area contributed by atoms with Gasteiger partial charge in [0, 0.05) is 31.4 Å². The third-order valence-electron chi connectivity index (χ3n) is 3.33. The molecule has 4 nitrogen and oxygen atoms in total. The van der Waals surface area contributed by atoms with E-state index in [-0.39, 0.29) is 11.8 Å². The van der Waals surface area contributed by atoms with Gasteiger partial charge in [0.1, 0.15) is 0 Å². The molecule has 94 valence electrons. The second kappa shape index (κ2) is 5.63. The summed E-state index contributed by atoms with van der Waals surface area (Å²) in [4.78, 5) is 18.1. The van der Waals surface area contributed by atoms with E-state index in [1.807, 2.05) is 12.1 Å². The van der Waals surface area contributed by atoms with Crippen LogP contribution in [0.4, 0.5) is 0 Å². The van der Waals surface area contributed by atoms with E-state index in [1.165, 1.54) is 0 Å². The lowest BCUT2D eigenvalue weighted by molar-refractivity contribution is -0.133. The summed E-state index contributed by atoms with van der Waals surface area (Å²) in [6.45, 7) is 3.15. The molecule has 1 aromatic heterocycles. The Morgan fingerprint density at radius 2 is 2.44 bits per heavy atom. The first-order chi connectivity index (χ1) is 8.72. The Kier molecular flexibility index (Phi) is 3.93. The number of pyridine rings is 1. The quantitative estimate of drug-likeness (QED) is 0.794. The summed E-state index contributed by atoms with van der Waals surface area (Å²) in [6, 6.07) is 5.92. The molecule has 0 radical (unpaired) electrons. The molecule has 0 bridgehead atoms. The molecular formula is C14H17N3O. The lowest BCUT2D eigenvalue weighted by Gasteiger charge is -2.21.